The number of carboxylic acids is 1. The van der Waals surface area contributed by atoms with E-state index in [1.807, 2.05) is 30.3 Å². The number of unbranched alkanes of at least 4 members (excludes halogenated alkanes) is 3. The zero-order valence-electron chi connectivity index (χ0n) is 9.39. The maximum atomic E-state index is 10.2. The van der Waals surface area contributed by atoms with Crippen LogP contribution in [0.3, 0.4) is 0 Å². The molecule has 0 saturated heterocycles. The second-order valence-corrected chi connectivity index (χ2v) is 3.72. The Morgan fingerprint density at radius 3 is 2.44 bits per heavy atom. The van der Waals surface area contributed by atoms with E-state index in [9.17, 15) is 4.79 Å². The van der Waals surface area contributed by atoms with E-state index < -0.39 is 5.97 Å². The molecule has 0 saturated carbocycles. The number of benzene rings is 1. The SMILES string of the molecule is O=C(O)CCCCCCOc1ccccc1. The van der Waals surface area contributed by atoms with Crippen LogP contribution in [0.5, 0.6) is 5.75 Å². The Morgan fingerprint density at radius 1 is 1.06 bits per heavy atom. The van der Waals surface area contributed by atoms with E-state index in [4.69, 9.17) is 9.84 Å². The summed E-state index contributed by atoms with van der Waals surface area (Å²) in [5, 5.41) is 8.44. The first kappa shape index (κ1) is 12.6. The van der Waals surface area contributed by atoms with Crippen LogP contribution >= 0.6 is 0 Å². The molecule has 0 fully saturated rings. The zero-order chi connectivity index (χ0) is 11.6. The molecular weight excluding hydrogens is 204 g/mol. The van der Waals surface area contributed by atoms with E-state index in [0.29, 0.717) is 6.61 Å². The third kappa shape index (κ3) is 6.06. The summed E-state index contributed by atoms with van der Waals surface area (Å²) in [5.74, 6) is 0.188. The molecule has 0 amide bonds. The Balaban J connectivity index is 1.94. The van der Waals surface area contributed by atoms with Crippen molar-refractivity contribution in [1.82, 2.24) is 0 Å². The molecule has 0 aliphatic rings. The van der Waals surface area contributed by atoms with Crippen LogP contribution in [0.15, 0.2) is 30.3 Å². The lowest BCUT2D eigenvalue weighted by atomic mass is 10.1. The van der Waals surface area contributed by atoms with Gasteiger partial charge in [0, 0.05) is 6.42 Å². The predicted molar refractivity (Wildman–Crippen MR) is 62.7 cm³/mol. The second kappa shape index (κ2) is 7.74. The summed E-state index contributed by atoms with van der Waals surface area (Å²) >= 11 is 0. The number of hydrogen-bond acceptors (Lipinski definition) is 2. The van der Waals surface area contributed by atoms with Gasteiger partial charge < -0.3 is 9.84 Å². The van der Waals surface area contributed by atoms with Gasteiger partial charge in [0.1, 0.15) is 5.75 Å². The van der Waals surface area contributed by atoms with Crippen molar-refractivity contribution in [3.05, 3.63) is 30.3 Å². The monoisotopic (exact) mass is 222 g/mol. The van der Waals surface area contributed by atoms with Crippen molar-refractivity contribution in [1.29, 1.82) is 0 Å². The van der Waals surface area contributed by atoms with E-state index in [1.54, 1.807) is 0 Å². The van der Waals surface area contributed by atoms with E-state index in [-0.39, 0.29) is 6.42 Å². The zero-order valence-corrected chi connectivity index (χ0v) is 9.39. The fraction of sp³-hybridized carbons (Fsp3) is 0.462. The van der Waals surface area contributed by atoms with Crippen molar-refractivity contribution >= 4 is 5.97 Å². The Hall–Kier alpha value is -1.51. The van der Waals surface area contributed by atoms with Crippen LogP contribution in [0.4, 0.5) is 0 Å². The number of carbonyl (C=O) groups is 1. The number of carboxylic acid groups (broad SMARTS) is 1. The van der Waals surface area contributed by atoms with E-state index in [0.717, 1.165) is 31.4 Å². The molecule has 3 heteroatoms. The first-order valence-electron chi connectivity index (χ1n) is 5.68. The molecule has 1 aromatic carbocycles. The molecule has 3 nitrogen and oxygen atoms in total. The molecule has 0 atom stereocenters. The Morgan fingerprint density at radius 2 is 1.75 bits per heavy atom. The van der Waals surface area contributed by atoms with E-state index >= 15 is 0 Å². The number of rotatable bonds is 8. The average Bonchev–Trinajstić information content (AvgIpc) is 2.29. The van der Waals surface area contributed by atoms with Gasteiger partial charge >= 0.3 is 5.97 Å². The Kier molecular flexibility index (Phi) is 6.07. The summed E-state index contributed by atoms with van der Waals surface area (Å²) in [6.07, 6.45) is 4.01. The fourth-order valence-electron chi connectivity index (χ4n) is 1.44. The molecule has 1 rings (SSSR count). The van der Waals surface area contributed by atoms with Gasteiger partial charge in [-0.25, -0.2) is 0 Å². The third-order valence-electron chi connectivity index (χ3n) is 2.30. The quantitative estimate of drug-likeness (QED) is 0.687. The maximum absolute atomic E-state index is 10.2. The van der Waals surface area contributed by atoms with Crippen LogP contribution in [0.25, 0.3) is 0 Å². The van der Waals surface area contributed by atoms with Crippen LogP contribution in [-0.2, 0) is 4.79 Å². The minimum Gasteiger partial charge on any atom is -0.494 e. The van der Waals surface area contributed by atoms with Crippen LogP contribution in [0.2, 0.25) is 0 Å². The molecule has 0 aliphatic carbocycles. The summed E-state index contributed by atoms with van der Waals surface area (Å²) in [6.45, 7) is 0.705. The highest BCUT2D eigenvalue weighted by atomic mass is 16.5. The topological polar surface area (TPSA) is 46.5 Å². The number of para-hydroxylation sites is 1. The maximum Gasteiger partial charge on any atom is 0.303 e. The lowest BCUT2D eigenvalue weighted by Crippen LogP contribution is -1.98. The predicted octanol–water partition coefficient (Wildman–Crippen LogP) is 3.10. The summed E-state index contributed by atoms with van der Waals surface area (Å²) in [4.78, 5) is 10.2. The first-order valence-corrected chi connectivity index (χ1v) is 5.68. The van der Waals surface area contributed by atoms with Crippen LogP contribution in [0, 0.1) is 0 Å². The molecular formula is C13H18O3. The Bertz CT molecular complexity index is 295. The molecule has 88 valence electrons. The summed E-state index contributed by atoms with van der Waals surface area (Å²) in [6, 6.07) is 9.72. The van der Waals surface area contributed by atoms with Gasteiger partial charge in [0.25, 0.3) is 0 Å². The molecule has 1 aromatic rings. The molecule has 0 bridgehead atoms. The molecule has 0 heterocycles. The van der Waals surface area contributed by atoms with Crippen molar-refractivity contribution in [3.8, 4) is 5.75 Å². The molecule has 16 heavy (non-hydrogen) atoms. The fourth-order valence-corrected chi connectivity index (χ4v) is 1.44. The van der Waals surface area contributed by atoms with Gasteiger partial charge in [-0.05, 0) is 25.0 Å². The molecule has 1 N–H and O–H groups in total. The van der Waals surface area contributed by atoms with Crippen LogP contribution in [0.1, 0.15) is 32.1 Å². The van der Waals surface area contributed by atoms with Crippen molar-refractivity contribution in [3.63, 3.8) is 0 Å². The lowest BCUT2D eigenvalue weighted by Gasteiger charge is -2.05. The van der Waals surface area contributed by atoms with Crippen LogP contribution < -0.4 is 4.74 Å². The van der Waals surface area contributed by atoms with Crippen molar-refractivity contribution in [2.45, 2.75) is 32.1 Å². The Labute approximate surface area is 96.1 Å². The van der Waals surface area contributed by atoms with E-state index in [1.165, 1.54) is 0 Å². The van der Waals surface area contributed by atoms with Gasteiger partial charge in [-0.1, -0.05) is 31.0 Å². The normalized spacial score (nSPS) is 10.0. The first-order chi connectivity index (χ1) is 7.79. The molecule has 0 aliphatic heterocycles. The summed E-state index contributed by atoms with van der Waals surface area (Å²) in [5.41, 5.74) is 0. The lowest BCUT2D eigenvalue weighted by molar-refractivity contribution is -0.137. The smallest absolute Gasteiger partial charge is 0.303 e. The largest absolute Gasteiger partial charge is 0.494 e. The van der Waals surface area contributed by atoms with Gasteiger partial charge in [0.05, 0.1) is 6.61 Å². The molecule has 0 aromatic heterocycles. The van der Waals surface area contributed by atoms with E-state index in [2.05, 4.69) is 0 Å². The number of aliphatic carboxylic acids is 1. The van der Waals surface area contributed by atoms with Crippen molar-refractivity contribution in [2.75, 3.05) is 6.61 Å². The number of ether oxygens (including phenoxy) is 1. The second-order valence-electron chi connectivity index (χ2n) is 3.72. The van der Waals surface area contributed by atoms with Crippen LogP contribution in [-0.4, -0.2) is 17.7 Å². The summed E-state index contributed by atoms with van der Waals surface area (Å²) < 4.78 is 5.52. The number of hydrogen-bond donors (Lipinski definition) is 1. The van der Waals surface area contributed by atoms with Gasteiger partial charge in [-0.15, -0.1) is 0 Å². The summed E-state index contributed by atoms with van der Waals surface area (Å²) in [7, 11) is 0. The highest BCUT2D eigenvalue weighted by Gasteiger charge is 1.96. The minimum absolute atomic E-state index is 0.277. The molecule has 0 unspecified atom stereocenters. The van der Waals surface area contributed by atoms with Gasteiger partial charge in [0.15, 0.2) is 0 Å². The standard InChI is InChI=1S/C13H18O3/c14-13(15)10-6-1-2-7-11-16-12-8-4-3-5-9-12/h3-5,8-9H,1-2,6-7,10-11H2,(H,14,15). The molecule has 0 radical (unpaired) electrons. The van der Waals surface area contributed by atoms with Gasteiger partial charge in [-0.3, -0.25) is 4.79 Å². The highest BCUT2D eigenvalue weighted by molar-refractivity contribution is 5.66. The van der Waals surface area contributed by atoms with Gasteiger partial charge in [-0.2, -0.15) is 0 Å². The highest BCUT2D eigenvalue weighted by Crippen LogP contribution is 2.10. The van der Waals surface area contributed by atoms with Gasteiger partial charge in [0.2, 0.25) is 0 Å². The average molecular weight is 222 g/mol. The minimum atomic E-state index is -0.708. The third-order valence-corrected chi connectivity index (χ3v) is 2.30. The van der Waals surface area contributed by atoms with Crippen molar-refractivity contribution < 1.29 is 14.6 Å². The molecule has 0 spiro atoms. The van der Waals surface area contributed by atoms with Crippen molar-refractivity contribution in [2.24, 2.45) is 0 Å².